The van der Waals surface area contributed by atoms with Crippen LogP contribution in [0.1, 0.15) is 18.1 Å². The van der Waals surface area contributed by atoms with E-state index in [-0.39, 0.29) is 0 Å². The smallest absolute Gasteiger partial charge is 0.0914 e. The van der Waals surface area contributed by atoms with Gasteiger partial charge in [0.25, 0.3) is 0 Å². The summed E-state index contributed by atoms with van der Waals surface area (Å²) in [7, 11) is 0. The van der Waals surface area contributed by atoms with Crippen LogP contribution in [-0.4, -0.2) is 29.7 Å². The van der Waals surface area contributed by atoms with Gasteiger partial charge in [-0.25, -0.2) is 0 Å². The second-order valence-electron chi connectivity index (χ2n) is 5.51. The van der Waals surface area contributed by atoms with Gasteiger partial charge in [-0.2, -0.15) is 11.8 Å². The highest BCUT2D eigenvalue weighted by atomic mass is 32.2. The van der Waals surface area contributed by atoms with Crippen molar-refractivity contribution in [1.82, 2.24) is 5.32 Å². The van der Waals surface area contributed by atoms with E-state index in [1.807, 2.05) is 30.0 Å². The second-order valence-corrected chi connectivity index (χ2v) is 6.66. The summed E-state index contributed by atoms with van der Waals surface area (Å²) >= 11 is 2.04. The molecule has 0 aromatic heterocycles. The van der Waals surface area contributed by atoms with Gasteiger partial charge < -0.3 is 10.4 Å². The van der Waals surface area contributed by atoms with E-state index >= 15 is 0 Å². The molecule has 3 rings (SSSR count). The van der Waals surface area contributed by atoms with Gasteiger partial charge in [0, 0.05) is 6.54 Å². The van der Waals surface area contributed by atoms with Crippen LogP contribution in [0.15, 0.2) is 42.5 Å². The Labute approximate surface area is 124 Å². The Balaban J connectivity index is 1.58. The fraction of sp³-hybridized carbons (Fsp3) is 0.412. The van der Waals surface area contributed by atoms with Crippen LogP contribution in [0.25, 0.3) is 10.8 Å². The van der Waals surface area contributed by atoms with Crippen molar-refractivity contribution in [3.63, 3.8) is 0 Å². The van der Waals surface area contributed by atoms with Crippen molar-refractivity contribution >= 4 is 22.5 Å². The highest BCUT2D eigenvalue weighted by molar-refractivity contribution is 7.99. The van der Waals surface area contributed by atoms with Crippen LogP contribution >= 0.6 is 11.8 Å². The zero-order valence-electron chi connectivity index (χ0n) is 11.6. The Morgan fingerprint density at radius 2 is 2.05 bits per heavy atom. The van der Waals surface area contributed by atoms with E-state index in [1.165, 1.54) is 28.7 Å². The molecule has 0 spiro atoms. The molecule has 1 heterocycles. The Morgan fingerprint density at radius 1 is 1.20 bits per heavy atom. The molecule has 2 aromatic rings. The molecule has 1 fully saturated rings. The third-order valence-electron chi connectivity index (χ3n) is 3.95. The summed E-state index contributed by atoms with van der Waals surface area (Å²) in [6.45, 7) is 1.66. The Hall–Kier alpha value is -1.03. The molecule has 0 bridgehead atoms. The van der Waals surface area contributed by atoms with Gasteiger partial charge in [-0.3, -0.25) is 0 Å². The van der Waals surface area contributed by atoms with Gasteiger partial charge in [-0.1, -0.05) is 36.4 Å². The van der Waals surface area contributed by atoms with Gasteiger partial charge in [-0.05, 0) is 52.8 Å². The lowest BCUT2D eigenvalue weighted by molar-refractivity contribution is 0.173. The third kappa shape index (κ3) is 3.35. The van der Waals surface area contributed by atoms with Crippen molar-refractivity contribution in [2.75, 3.05) is 24.6 Å². The molecule has 2 unspecified atom stereocenters. The number of hydrogen-bond donors (Lipinski definition) is 2. The molecule has 106 valence electrons. The van der Waals surface area contributed by atoms with Crippen LogP contribution in [-0.2, 0) is 0 Å². The molecule has 0 radical (unpaired) electrons. The largest absolute Gasteiger partial charge is 0.387 e. The van der Waals surface area contributed by atoms with Crippen molar-refractivity contribution in [2.45, 2.75) is 12.5 Å². The molecule has 2 atom stereocenters. The predicted molar refractivity (Wildman–Crippen MR) is 87.2 cm³/mol. The number of hydrogen-bond acceptors (Lipinski definition) is 3. The van der Waals surface area contributed by atoms with E-state index in [4.69, 9.17) is 0 Å². The number of benzene rings is 2. The quantitative estimate of drug-likeness (QED) is 0.885. The minimum Gasteiger partial charge on any atom is -0.387 e. The Bertz CT molecular complexity index is 566. The summed E-state index contributed by atoms with van der Waals surface area (Å²) in [6, 6.07) is 14.5. The van der Waals surface area contributed by atoms with Gasteiger partial charge in [0.2, 0.25) is 0 Å². The third-order valence-corrected chi connectivity index (χ3v) is 5.18. The van der Waals surface area contributed by atoms with Gasteiger partial charge in [0.05, 0.1) is 6.10 Å². The molecule has 0 aliphatic carbocycles. The molecular formula is C17H21NOS. The molecule has 2 N–H and O–H groups in total. The van der Waals surface area contributed by atoms with Gasteiger partial charge in [-0.15, -0.1) is 0 Å². The number of aliphatic hydroxyl groups excluding tert-OH is 1. The number of thioether (sulfide) groups is 1. The van der Waals surface area contributed by atoms with E-state index < -0.39 is 6.10 Å². The lowest BCUT2D eigenvalue weighted by Crippen LogP contribution is -2.27. The first-order valence-electron chi connectivity index (χ1n) is 7.28. The number of nitrogens with one attached hydrogen (secondary N) is 1. The highest BCUT2D eigenvalue weighted by Gasteiger charge is 2.15. The Morgan fingerprint density at radius 3 is 2.85 bits per heavy atom. The fourth-order valence-corrected chi connectivity index (χ4v) is 3.99. The first-order valence-corrected chi connectivity index (χ1v) is 8.43. The second kappa shape index (κ2) is 6.61. The summed E-state index contributed by atoms with van der Waals surface area (Å²) < 4.78 is 0. The van der Waals surface area contributed by atoms with Crippen LogP contribution in [0, 0.1) is 5.92 Å². The van der Waals surface area contributed by atoms with Crippen molar-refractivity contribution < 1.29 is 5.11 Å². The van der Waals surface area contributed by atoms with Crippen molar-refractivity contribution in [3.05, 3.63) is 48.0 Å². The molecular weight excluding hydrogens is 266 g/mol. The predicted octanol–water partition coefficient (Wildman–Crippen LogP) is 3.22. The van der Waals surface area contributed by atoms with Crippen LogP contribution in [0.5, 0.6) is 0 Å². The van der Waals surface area contributed by atoms with E-state index in [2.05, 4.69) is 29.6 Å². The Kier molecular flexibility index (Phi) is 4.61. The fourth-order valence-electron chi connectivity index (χ4n) is 2.70. The maximum absolute atomic E-state index is 10.3. The maximum Gasteiger partial charge on any atom is 0.0914 e. The molecule has 1 saturated heterocycles. The van der Waals surface area contributed by atoms with Gasteiger partial charge in [0.15, 0.2) is 0 Å². The van der Waals surface area contributed by atoms with Gasteiger partial charge in [0.1, 0.15) is 0 Å². The van der Waals surface area contributed by atoms with Gasteiger partial charge >= 0.3 is 0 Å². The minimum absolute atomic E-state index is 0.423. The monoisotopic (exact) mass is 287 g/mol. The number of rotatable bonds is 5. The van der Waals surface area contributed by atoms with Crippen molar-refractivity contribution in [2.24, 2.45) is 5.92 Å². The number of fused-ring (bicyclic) bond motifs is 1. The molecule has 3 heteroatoms. The lowest BCUT2D eigenvalue weighted by atomic mass is 10.0. The first kappa shape index (κ1) is 13.9. The normalized spacial score (nSPS) is 20.4. The minimum atomic E-state index is -0.423. The maximum atomic E-state index is 10.3. The molecule has 2 nitrogen and oxygen atoms in total. The lowest BCUT2D eigenvalue weighted by Gasteiger charge is -2.15. The summed E-state index contributed by atoms with van der Waals surface area (Å²) in [5.74, 6) is 3.34. The average Bonchev–Trinajstić information content (AvgIpc) is 3.00. The molecule has 1 aliphatic heterocycles. The topological polar surface area (TPSA) is 32.3 Å². The highest BCUT2D eigenvalue weighted by Crippen LogP contribution is 2.23. The zero-order chi connectivity index (χ0) is 13.8. The van der Waals surface area contributed by atoms with Crippen LogP contribution in [0.2, 0.25) is 0 Å². The van der Waals surface area contributed by atoms with Crippen molar-refractivity contribution in [3.8, 4) is 0 Å². The molecule has 0 amide bonds. The molecule has 0 saturated carbocycles. The van der Waals surface area contributed by atoms with E-state index in [0.717, 1.165) is 18.0 Å². The van der Waals surface area contributed by atoms with Crippen LogP contribution in [0.4, 0.5) is 0 Å². The summed E-state index contributed by atoms with van der Waals surface area (Å²) in [5.41, 5.74) is 0.997. The number of aliphatic hydroxyl groups is 1. The molecule has 1 aliphatic rings. The first-order chi connectivity index (χ1) is 9.83. The van der Waals surface area contributed by atoms with Crippen molar-refractivity contribution in [1.29, 1.82) is 0 Å². The van der Waals surface area contributed by atoms with Crippen LogP contribution in [0.3, 0.4) is 0 Å². The van der Waals surface area contributed by atoms with E-state index in [0.29, 0.717) is 6.54 Å². The van der Waals surface area contributed by atoms with E-state index in [1.54, 1.807) is 0 Å². The average molecular weight is 287 g/mol. The zero-order valence-corrected chi connectivity index (χ0v) is 12.4. The summed E-state index contributed by atoms with van der Waals surface area (Å²) in [5, 5.41) is 16.1. The van der Waals surface area contributed by atoms with E-state index in [9.17, 15) is 5.11 Å². The molecule has 20 heavy (non-hydrogen) atoms. The molecule has 2 aromatic carbocycles. The standard InChI is InChI=1S/C17H21NOS/c19-17(11-18-10-13-7-8-20-12-13)16-6-5-14-3-1-2-4-15(14)9-16/h1-6,9,13,17-19H,7-8,10-12H2. The summed E-state index contributed by atoms with van der Waals surface area (Å²) in [4.78, 5) is 0. The summed E-state index contributed by atoms with van der Waals surface area (Å²) in [6.07, 6.45) is 0.887. The van der Waals surface area contributed by atoms with Crippen LogP contribution < -0.4 is 5.32 Å². The SMILES string of the molecule is OC(CNCC1CCSC1)c1ccc2ccccc2c1.